The molecule has 3 rings (SSSR count). The van der Waals surface area contributed by atoms with Crippen LogP contribution in [0.5, 0.6) is 11.6 Å². The number of amides is 1. The fraction of sp³-hybridized carbons (Fsp3) is 0.211. The molecule has 0 unspecified atom stereocenters. The second-order valence-corrected chi connectivity index (χ2v) is 6.99. The monoisotopic (exact) mass is 432 g/mol. The highest BCUT2D eigenvalue weighted by Gasteiger charge is 2.19. The Morgan fingerprint density at radius 2 is 2.04 bits per heavy atom. The third-order valence-electron chi connectivity index (χ3n) is 3.81. The van der Waals surface area contributed by atoms with E-state index in [1.54, 1.807) is 18.3 Å². The zero-order chi connectivity index (χ0) is 19.4. The van der Waals surface area contributed by atoms with Gasteiger partial charge < -0.3 is 10.1 Å². The summed E-state index contributed by atoms with van der Waals surface area (Å²) in [5.74, 6) is 0.433. The molecule has 2 heterocycles. The molecule has 140 valence electrons. The topological polar surface area (TPSA) is 79.9 Å². The largest absolute Gasteiger partial charge is 0.439 e. The lowest BCUT2D eigenvalue weighted by molar-refractivity contribution is 0.0945. The van der Waals surface area contributed by atoms with Crippen LogP contribution in [0.4, 0.5) is 4.39 Å². The van der Waals surface area contributed by atoms with E-state index in [0.29, 0.717) is 21.8 Å². The van der Waals surface area contributed by atoms with Crippen LogP contribution in [0.2, 0.25) is 0 Å². The highest BCUT2D eigenvalue weighted by molar-refractivity contribution is 9.10. The van der Waals surface area contributed by atoms with Gasteiger partial charge in [0, 0.05) is 18.8 Å². The van der Waals surface area contributed by atoms with Gasteiger partial charge in [-0.3, -0.25) is 9.89 Å². The van der Waals surface area contributed by atoms with E-state index in [1.807, 2.05) is 13.8 Å². The van der Waals surface area contributed by atoms with Crippen molar-refractivity contribution in [2.45, 2.75) is 26.3 Å². The lowest BCUT2D eigenvalue weighted by Gasteiger charge is -2.08. The van der Waals surface area contributed by atoms with Crippen molar-refractivity contribution in [2.75, 3.05) is 0 Å². The standard InChI is InChI=1S/C19H18BrFN4O2/c1-11(2)17-16(20)18(25-24-17)19(26)23-10-12-7-8-22-15(9-12)27-14-5-3-13(21)4-6-14/h3-9,11H,10H2,1-2H3,(H,23,26)(H,24,25). The van der Waals surface area contributed by atoms with Gasteiger partial charge >= 0.3 is 0 Å². The molecule has 0 saturated carbocycles. The number of benzene rings is 1. The fourth-order valence-corrected chi connectivity index (χ4v) is 3.20. The third-order valence-corrected chi connectivity index (χ3v) is 4.62. The van der Waals surface area contributed by atoms with Crippen LogP contribution in [0.25, 0.3) is 0 Å². The Labute approximate surface area is 164 Å². The number of nitrogens with zero attached hydrogens (tertiary/aromatic N) is 2. The van der Waals surface area contributed by atoms with E-state index in [-0.39, 0.29) is 24.2 Å². The van der Waals surface area contributed by atoms with Gasteiger partial charge in [0.05, 0.1) is 10.2 Å². The van der Waals surface area contributed by atoms with Crippen LogP contribution in [0, 0.1) is 5.82 Å². The van der Waals surface area contributed by atoms with Gasteiger partial charge in [-0.2, -0.15) is 5.10 Å². The van der Waals surface area contributed by atoms with Gasteiger partial charge in [0.2, 0.25) is 5.88 Å². The first-order chi connectivity index (χ1) is 12.9. The molecule has 1 aromatic carbocycles. The van der Waals surface area contributed by atoms with Crippen molar-refractivity contribution >= 4 is 21.8 Å². The van der Waals surface area contributed by atoms with Crippen LogP contribution in [0.3, 0.4) is 0 Å². The van der Waals surface area contributed by atoms with Gasteiger partial charge in [0.25, 0.3) is 5.91 Å². The predicted octanol–water partition coefficient (Wildman–Crippen LogP) is 4.55. The molecule has 1 amide bonds. The van der Waals surface area contributed by atoms with Gasteiger partial charge in [0.15, 0.2) is 5.69 Å². The van der Waals surface area contributed by atoms with Crippen molar-refractivity contribution in [3.8, 4) is 11.6 Å². The zero-order valence-corrected chi connectivity index (χ0v) is 16.4. The summed E-state index contributed by atoms with van der Waals surface area (Å²) in [5.41, 5.74) is 2.00. The Bertz CT molecular complexity index is 941. The average Bonchev–Trinajstić information content (AvgIpc) is 3.04. The first-order valence-electron chi connectivity index (χ1n) is 8.34. The van der Waals surface area contributed by atoms with Crippen molar-refractivity contribution in [3.05, 3.63) is 69.8 Å². The smallest absolute Gasteiger partial charge is 0.273 e. The molecule has 2 aromatic heterocycles. The molecule has 0 bridgehead atoms. The number of halogens is 2. The second kappa shape index (κ2) is 8.30. The van der Waals surface area contributed by atoms with E-state index in [0.717, 1.165) is 11.3 Å². The molecule has 0 spiro atoms. The van der Waals surface area contributed by atoms with Gasteiger partial charge in [0.1, 0.15) is 11.6 Å². The molecular formula is C19H18BrFN4O2. The molecule has 6 nitrogen and oxygen atoms in total. The summed E-state index contributed by atoms with van der Waals surface area (Å²) in [6, 6.07) is 9.15. The highest BCUT2D eigenvalue weighted by atomic mass is 79.9. The first-order valence-corrected chi connectivity index (χ1v) is 9.13. The van der Waals surface area contributed by atoms with Gasteiger partial charge in [-0.15, -0.1) is 0 Å². The minimum Gasteiger partial charge on any atom is -0.439 e. The van der Waals surface area contributed by atoms with E-state index < -0.39 is 0 Å². The van der Waals surface area contributed by atoms with Gasteiger partial charge in [-0.25, -0.2) is 9.37 Å². The van der Waals surface area contributed by atoms with Crippen molar-refractivity contribution < 1.29 is 13.9 Å². The van der Waals surface area contributed by atoms with Crippen molar-refractivity contribution in [3.63, 3.8) is 0 Å². The van der Waals surface area contributed by atoms with E-state index in [4.69, 9.17) is 4.74 Å². The second-order valence-electron chi connectivity index (χ2n) is 6.20. The Morgan fingerprint density at radius 1 is 1.30 bits per heavy atom. The van der Waals surface area contributed by atoms with E-state index in [1.165, 1.54) is 24.3 Å². The molecule has 0 fully saturated rings. The summed E-state index contributed by atoms with van der Waals surface area (Å²) in [4.78, 5) is 16.5. The van der Waals surface area contributed by atoms with Gasteiger partial charge in [-0.1, -0.05) is 13.8 Å². The molecule has 0 saturated heterocycles. The van der Waals surface area contributed by atoms with Crippen LogP contribution < -0.4 is 10.1 Å². The minimum absolute atomic E-state index is 0.222. The van der Waals surface area contributed by atoms with Crippen LogP contribution >= 0.6 is 15.9 Å². The molecular weight excluding hydrogens is 415 g/mol. The fourth-order valence-electron chi connectivity index (χ4n) is 2.38. The lowest BCUT2D eigenvalue weighted by atomic mass is 10.1. The molecule has 8 heteroatoms. The SMILES string of the molecule is CC(C)c1[nH]nc(C(=O)NCc2ccnc(Oc3ccc(F)cc3)c2)c1Br. The Kier molecular flexibility index (Phi) is 5.85. The maximum atomic E-state index is 13.0. The van der Waals surface area contributed by atoms with Crippen molar-refractivity contribution in [2.24, 2.45) is 0 Å². The molecule has 27 heavy (non-hydrogen) atoms. The number of H-pyrrole nitrogens is 1. The predicted molar refractivity (Wildman–Crippen MR) is 102 cm³/mol. The van der Waals surface area contributed by atoms with Crippen molar-refractivity contribution in [1.82, 2.24) is 20.5 Å². The summed E-state index contributed by atoms with van der Waals surface area (Å²) in [5, 5.41) is 9.78. The number of carbonyl (C=O) groups is 1. The summed E-state index contributed by atoms with van der Waals surface area (Å²) in [7, 11) is 0. The number of aromatic nitrogens is 3. The van der Waals surface area contributed by atoms with Crippen LogP contribution in [0.15, 0.2) is 47.1 Å². The van der Waals surface area contributed by atoms with Gasteiger partial charge in [-0.05, 0) is 57.7 Å². The van der Waals surface area contributed by atoms with Crippen LogP contribution in [0.1, 0.15) is 41.5 Å². The number of pyridine rings is 1. The van der Waals surface area contributed by atoms with Crippen LogP contribution in [-0.2, 0) is 6.54 Å². The third kappa shape index (κ3) is 4.71. The molecule has 3 aromatic rings. The Hall–Kier alpha value is -2.74. The summed E-state index contributed by atoms with van der Waals surface area (Å²) >= 11 is 3.42. The maximum Gasteiger partial charge on any atom is 0.273 e. The number of aromatic amines is 1. The number of rotatable bonds is 6. The quantitative estimate of drug-likeness (QED) is 0.598. The summed E-state index contributed by atoms with van der Waals surface area (Å²) in [6.45, 7) is 4.32. The molecule has 0 aliphatic rings. The number of ether oxygens (including phenoxy) is 1. The highest BCUT2D eigenvalue weighted by Crippen LogP contribution is 2.25. The molecule has 0 atom stereocenters. The van der Waals surface area contributed by atoms with Crippen molar-refractivity contribution in [1.29, 1.82) is 0 Å². The average molecular weight is 433 g/mol. The Morgan fingerprint density at radius 3 is 2.70 bits per heavy atom. The first kappa shape index (κ1) is 19.0. The number of hydrogen-bond acceptors (Lipinski definition) is 4. The van der Waals surface area contributed by atoms with E-state index in [9.17, 15) is 9.18 Å². The van der Waals surface area contributed by atoms with E-state index in [2.05, 4.69) is 36.4 Å². The maximum absolute atomic E-state index is 13.0. The summed E-state index contributed by atoms with van der Waals surface area (Å²) < 4.78 is 19.2. The zero-order valence-electron chi connectivity index (χ0n) is 14.8. The van der Waals surface area contributed by atoms with E-state index >= 15 is 0 Å². The number of nitrogens with one attached hydrogen (secondary N) is 2. The summed E-state index contributed by atoms with van der Waals surface area (Å²) in [6.07, 6.45) is 1.58. The van der Waals surface area contributed by atoms with Crippen LogP contribution in [-0.4, -0.2) is 21.1 Å². The molecule has 2 N–H and O–H groups in total. The molecule has 0 aliphatic carbocycles. The lowest BCUT2D eigenvalue weighted by Crippen LogP contribution is -2.23. The normalized spacial score (nSPS) is 10.9. The molecule has 0 aliphatic heterocycles. The number of hydrogen-bond donors (Lipinski definition) is 2. The minimum atomic E-state index is -0.336. The molecule has 0 radical (unpaired) electrons. The Balaban J connectivity index is 1.64. The number of carbonyl (C=O) groups excluding carboxylic acids is 1.